The van der Waals surface area contributed by atoms with Crippen LogP contribution in [0.1, 0.15) is 26.2 Å². The van der Waals surface area contributed by atoms with Gasteiger partial charge in [-0.3, -0.25) is 0 Å². The van der Waals surface area contributed by atoms with Gasteiger partial charge in [0.25, 0.3) is 0 Å². The third-order valence-corrected chi connectivity index (χ3v) is 1.07. The van der Waals surface area contributed by atoms with Gasteiger partial charge in [-0.25, -0.2) is 0 Å². The van der Waals surface area contributed by atoms with Crippen molar-refractivity contribution in [2.75, 3.05) is 0 Å². The minimum Gasteiger partial charge on any atom is -0.129 e. The summed E-state index contributed by atoms with van der Waals surface area (Å²) in [5.41, 5.74) is 2.68. The van der Waals surface area contributed by atoms with Gasteiger partial charge in [-0.15, -0.1) is 5.73 Å². The molecular formula is C9H14. The van der Waals surface area contributed by atoms with Crippen molar-refractivity contribution in [1.82, 2.24) is 0 Å². The van der Waals surface area contributed by atoms with Crippen LogP contribution >= 0.6 is 0 Å². The predicted octanol–water partition coefficient (Wildman–Crippen LogP) is 3.07. The maximum atomic E-state index is 3.45. The minimum absolute atomic E-state index is 1.18. The molecule has 0 aromatic rings. The molecular weight excluding hydrogens is 108 g/mol. The van der Waals surface area contributed by atoms with E-state index in [9.17, 15) is 0 Å². The monoisotopic (exact) mass is 122 g/mol. The molecule has 0 aliphatic carbocycles. The number of rotatable bonds is 4. The van der Waals surface area contributed by atoms with Crippen LogP contribution in [0.3, 0.4) is 0 Å². The Morgan fingerprint density at radius 1 is 1.56 bits per heavy atom. The summed E-state index contributed by atoms with van der Waals surface area (Å²) in [5, 5.41) is 0. The molecule has 0 aromatic carbocycles. The zero-order chi connectivity index (χ0) is 6.95. The molecule has 50 valence electrons. The van der Waals surface area contributed by atoms with E-state index in [4.69, 9.17) is 0 Å². The summed E-state index contributed by atoms with van der Waals surface area (Å²) in [5.74, 6) is 0. The first-order chi connectivity index (χ1) is 4.41. The molecule has 0 nitrogen and oxygen atoms in total. The summed E-state index contributed by atoms with van der Waals surface area (Å²) < 4.78 is 0. The summed E-state index contributed by atoms with van der Waals surface area (Å²) in [7, 11) is 0. The van der Waals surface area contributed by atoms with Gasteiger partial charge in [-0.05, 0) is 12.5 Å². The molecule has 0 saturated heterocycles. The van der Waals surface area contributed by atoms with Crippen molar-refractivity contribution >= 4 is 0 Å². The molecule has 0 amide bonds. The molecule has 0 heterocycles. The predicted molar refractivity (Wildman–Crippen MR) is 42.4 cm³/mol. The lowest BCUT2D eigenvalue weighted by Gasteiger charge is -1.84. The van der Waals surface area contributed by atoms with E-state index < -0.39 is 0 Å². The third kappa shape index (κ3) is 7.26. The third-order valence-electron chi connectivity index (χ3n) is 1.07. The maximum Gasteiger partial charge on any atom is -0.0209 e. The molecule has 0 bridgehead atoms. The van der Waals surface area contributed by atoms with Gasteiger partial charge in [0, 0.05) is 0 Å². The summed E-state index contributed by atoms with van der Waals surface area (Å²) in [6, 6.07) is 0. The highest BCUT2D eigenvalue weighted by molar-refractivity contribution is 4.99. The highest BCUT2D eigenvalue weighted by atomic mass is 13.8. The van der Waals surface area contributed by atoms with Crippen molar-refractivity contribution in [1.29, 1.82) is 0 Å². The Morgan fingerprint density at radius 2 is 2.33 bits per heavy atom. The van der Waals surface area contributed by atoms with E-state index in [1.54, 1.807) is 0 Å². The number of hydrogen-bond acceptors (Lipinski definition) is 0. The Kier molecular flexibility index (Phi) is 6.66. The second kappa shape index (κ2) is 7.26. The van der Waals surface area contributed by atoms with Crippen molar-refractivity contribution in [2.45, 2.75) is 26.2 Å². The smallest absolute Gasteiger partial charge is 0.0209 e. The van der Waals surface area contributed by atoms with Gasteiger partial charge in [0.05, 0.1) is 0 Å². The first-order valence-corrected chi connectivity index (χ1v) is 3.42. The van der Waals surface area contributed by atoms with Crippen molar-refractivity contribution in [2.24, 2.45) is 0 Å². The fraction of sp³-hybridized carbons (Fsp3) is 0.444. The van der Waals surface area contributed by atoms with Gasteiger partial charge in [0.1, 0.15) is 0 Å². The summed E-state index contributed by atoms with van der Waals surface area (Å²) >= 11 is 0. The van der Waals surface area contributed by atoms with Crippen LogP contribution in [0.15, 0.2) is 30.5 Å². The quantitative estimate of drug-likeness (QED) is 0.305. The molecule has 0 heteroatoms. The summed E-state index contributed by atoms with van der Waals surface area (Å²) in [6.45, 7) is 5.64. The normalized spacial score (nSPS) is 9.44. The molecule has 0 N–H and O–H groups in total. The van der Waals surface area contributed by atoms with E-state index in [1.807, 2.05) is 12.2 Å². The SMILES string of the molecule is C=C=C/C=C\CCCC. The summed E-state index contributed by atoms with van der Waals surface area (Å²) in [4.78, 5) is 0. The molecule has 9 heavy (non-hydrogen) atoms. The van der Waals surface area contributed by atoms with Crippen LogP contribution in [0.25, 0.3) is 0 Å². The lowest BCUT2D eigenvalue weighted by atomic mass is 10.2. The van der Waals surface area contributed by atoms with Crippen LogP contribution in [0.2, 0.25) is 0 Å². The van der Waals surface area contributed by atoms with Crippen molar-refractivity contribution in [3.63, 3.8) is 0 Å². The molecule has 0 aliphatic rings. The van der Waals surface area contributed by atoms with E-state index in [0.29, 0.717) is 0 Å². The largest absolute Gasteiger partial charge is 0.129 e. The topological polar surface area (TPSA) is 0 Å². The van der Waals surface area contributed by atoms with Crippen LogP contribution < -0.4 is 0 Å². The van der Waals surface area contributed by atoms with Gasteiger partial charge in [0.2, 0.25) is 0 Å². The Bertz CT molecular complexity index is 114. The van der Waals surface area contributed by atoms with Crippen molar-refractivity contribution in [3.05, 3.63) is 30.5 Å². The van der Waals surface area contributed by atoms with E-state index in [0.717, 1.165) is 0 Å². The van der Waals surface area contributed by atoms with Gasteiger partial charge < -0.3 is 0 Å². The average molecular weight is 122 g/mol. The lowest BCUT2D eigenvalue weighted by Crippen LogP contribution is -1.64. The zero-order valence-corrected chi connectivity index (χ0v) is 6.06. The maximum absolute atomic E-state index is 3.45. The molecule has 0 aliphatic heterocycles. The average Bonchev–Trinajstić information content (AvgIpc) is 1.89. The summed E-state index contributed by atoms with van der Waals surface area (Å²) in [6.07, 6.45) is 9.68. The Hall–Kier alpha value is -0.740. The molecule has 0 aromatic heterocycles. The van der Waals surface area contributed by atoms with Gasteiger partial charge >= 0.3 is 0 Å². The molecule has 0 saturated carbocycles. The highest BCUT2D eigenvalue weighted by Crippen LogP contribution is 1.94. The van der Waals surface area contributed by atoms with Crippen LogP contribution in [-0.4, -0.2) is 0 Å². The second-order valence-electron chi connectivity index (χ2n) is 1.94. The second-order valence-corrected chi connectivity index (χ2v) is 1.94. The van der Waals surface area contributed by atoms with Gasteiger partial charge in [-0.2, -0.15) is 0 Å². The minimum atomic E-state index is 1.18. The number of hydrogen-bond donors (Lipinski definition) is 0. The van der Waals surface area contributed by atoms with Crippen LogP contribution in [0.4, 0.5) is 0 Å². The number of allylic oxidation sites excluding steroid dienone is 3. The van der Waals surface area contributed by atoms with Crippen LogP contribution in [0, 0.1) is 0 Å². The molecule has 0 spiro atoms. The molecule has 0 radical (unpaired) electrons. The molecule has 0 unspecified atom stereocenters. The fourth-order valence-electron chi connectivity index (χ4n) is 0.554. The zero-order valence-electron chi connectivity index (χ0n) is 6.06. The molecule has 0 fully saturated rings. The van der Waals surface area contributed by atoms with Crippen molar-refractivity contribution in [3.8, 4) is 0 Å². The van der Waals surface area contributed by atoms with Gasteiger partial charge in [-0.1, -0.05) is 38.5 Å². The Balaban J connectivity index is 3.14. The lowest BCUT2D eigenvalue weighted by molar-refractivity contribution is 0.815. The van der Waals surface area contributed by atoms with E-state index in [2.05, 4.69) is 25.3 Å². The molecule has 0 atom stereocenters. The van der Waals surface area contributed by atoms with E-state index in [-0.39, 0.29) is 0 Å². The Labute approximate surface area is 57.6 Å². The fourth-order valence-corrected chi connectivity index (χ4v) is 0.554. The highest BCUT2D eigenvalue weighted by Gasteiger charge is 1.74. The van der Waals surface area contributed by atoms with E-state index >= 15 is 0 Å². The van der Waals surface area contributed by atoms with Crippen molar-refractivity contribution < 1.29 is 0 Å². The first-order valence-electron chi connectivity index (χ1n) is 3.42. The van der Waals surface area contributed by atoms with Crippen LogP contribution in [-0.2, 0) is 0 Å². The van der Waals surface area contributed by atoms with Gasteiger partial charge in [0.15, 0.2) is 0 Å². The Morgan fingerprint density at radius 3 is 2.89 bits per heavy atom. The first kappa shape index (κ1) is 8.26. The van der Waals surface area contributed by atoms with E-state index in [1.165, 1.54) is 19.3 Å². The molecule has 0 rings (SSSR count). The standard InChI is InChI=1S/C9H14/c1-3-5-7-9-8-6-4-2/h5,7,9H,1,4,6,8H2,2H3/b9-7-. The van der Waals surface area contributed by atoms with Crippen LogP contribution in [0.5, 0.6) is 0 Å². The number of unbranched alkanes of at least 4 members (excludes halogenated alkanes) is 2.